The molecule has 0 fully saturated rings. The first-order valence-electron chi connectivity index (χ1n) is 18.6. The Hall–Kier alpha value is -7.55. The van der Waals surface area contributed by atoms with Gasteiger partial charge in [-0.15, -0.1) is 0 Å². The number of pyridine rings is 1. The molecule has 1 unspecified atom stereocenters. The smallest absolute Gasteiger partial charge is 0.281 e. The Morgan fingerprint density at radius 2 is 0.911 bits per heavy atom. The second kappa shape index (κ2) is 13.4. The predicted octanol–water partition coefficient (Wildman–Crippen LogP) is 12.6. The third-order valence-electron chi connectivity index (χ3n) is 10.9. The number of rotatable bonds is 6. The highest BCUT2D eigenvalue weighted by molar-refractivity contribution is 5.95. The van der Waals surface area contributed by atoms with Crippen molar-refractivity contribution in [3.8, 4) is 78.7 Å². The molecule has 0 spiro atoms. The Labute approximate surface area is 325 Å². The number of hydrogen-bond donors (Lipinski definition) is 0. The van der Waals surface area contributed by atoms with Crippen molar-refractivity contribution in [2.45, 2.75) is 12.5 Å². The van der Waals surface area contributed by atoms with Crippen LogP contribution < -0.4 is 0 Å². The zero-order valence-corrected chi connectivity index (χ0v) is 30.6. The van der Waals surface area contributed by atoms with Gasteiger partial charge in [0.15, 0.2) is 17.5 Å². The highest BCUT2D eigenvalue weighted by Crippen LogP contribution is 2.52. The van der Waals surface area contributed by atoms with Crippen LogP contribution in [0.3, 0.4) is 0 Å². The molecule has 0 amide bonds. The number of nitrogens with zero attached hydrogens (tertiary/aromatic N) is 5. The quantitative estimate of drug-likeness (QED) is 0.161. The molecule has 1 aliphatic carbocycles. The Morgan fingerprint density at radius 1 is 0.411 bits per heavy atom. The first-order valence-corrected chi connectivity index (χ1v) is 18.6. The van der Waals surface area contributed by atoms with Gasteiger partial charge in [-0.05, 0) is 92.2 Å². The molecule has 0 saturated carbocycles. The van der Waals surface area contributed by atoms with Gasteiger partial charge in [-0.2, -0.15) is 0 Å². The summed E-state index contributed by atoms with van der Waals surface area (Å²) in [6.45, 7) is 10.5. The molecular formula is C51H33N5. The average Bonchev–Trinajstić information content (AvgIpc) is 3.52. The van der Waals surface area contributed by atoms with E-state index in [0.29, 0.717) is 17.5 Å². The fraction of sp³-hybridized carbons (Fsp3) is 0.0392. The fourth-order valence-electron chi connectivity index (χ4n) is 7.91. The van der Waals surface area contributed by atoms with Crippen LogP contribution in [0.2, 0.25) is 0 Å². The van der Waals surface area contributed by atoms with Crippen LogP contribution in [0.15, 0.2) is 182 Å². The van der Waals surface area contributed by atoms with Crippen molar-refractivity contribution in [2.24, 2.45) is 0 Å². The van der Waals surface area contributed by atoms with Gasteiger partial charge in [0.05, 0.1) is 0 Å². The molecule has 0 N–H and O–H groups in total. The van der Waals surface area contributed by atoms with E-state index in [1.165, 1.54) is 5.39 Å². The first-order chi connectivity index (χ1) is 27.5. The Kier molecular flexibility index (Phi) is 7.90. The van der Waals surface area contributed by atoms with E-state index in [-0.39, 0.29) is 0 Å². The molecular weight excluding hydrogens is 683 g/mol. The summed E-state index contributed by atoms with van der Waals surface area (Å²) in [6.07, 6.45) is 3.67. The summed E-state index contributed by atoms with van der Waals surface area (Å²) >= 11 is 0. The molecule has 56 heavy (non-hydrogen) atoms. The highest BCUT2D eigenvalue weighted by atomic mass is 15.0. The SMILES string of the molecule is [C-]#[N+]C1(C)c2cc(-c3cc(-c4cccnc4)cc(-c4nc(-c5ccccc5)nc(-c5ccc(-c6ccccc6)cc5)n4)c3)ccc2-c2cc3ccccc3cc21. The number of hydrogen-bond acceptors (Lipinski definition) is 4. The topological polar surface area (TPSA) is 55.9 Å². The van der Waals surface area contributed by atoms with E-state index < -0.39 is 5.54 Å². The van der Waals surface area contributed by atoms with Gasteiger partial charge in [-0.25, -0.2) is 21.5 Å². The van der Waals surface area contributed by atoms with Gasteiger partial charge < -0.3 is 4.85 Å². The van der Waals surface area contributed by atoms with Crippen LogP contribution in [0, 0.1) is 6.57 Å². The molecule has 5 heteroatoms. The summed E-state index contributed by atoms with van der Waals surface area (Å²) < 4.78 is 0. The predicted molar refractivity (Wildman–Crippen MR) is 226 cm³/mol. The molecule has 7 aromatic carbocycles. The second-order valence-electron chi connectivity index (χ2n) is 14.3. The van der Waals surface area contributed by atoms with E-state index in [1.54, 1.807) is 6.20 Å². The standard InChI is InChI=1S/C51H33N5/c1-51(52-2)46-31-39(23-24-44(46)45-29-37-16-9-10-17-38(37)30-47(45)51)41-26-42(40-18-11-25-53-32-40)28-43(27-41)50-55-48(35-14-7-4-8-15-35)54-49(56-50)36-21-19-34(20-22-36)33-12-5-3-6-13-33/h3-32H,1H3. The summed E-state index contributed by atoms with van der Waals surface area (Å²) in [6, 6.07) is 58.6. The molecule has 1 aliphatic rings. The van der Waals surface area contributed by atoms with Crippen molar-refractivity contribution in [3.05, 3.63) is 205 Å². The van der Waals surface area contributed by atoms with E-state index >= 15 is 0 Å². The molecule has 1 atom stereocenters. The Morgan fingerprint density at radius 3 is 1.57 bits per heavy atom. The zero-order valence-electron chi connectivity index (χ0n) is 30.6. The molecule has 9 aromatic rings. The lowest BCUT2D eigenvalue weighted by Gasteiger charge is -2.16. The van der Waals surface area contributed by atoms with Crippen molar-refractivity contribution in [1.82, 2.24) is 19.9 Å². The summed E-state index contributed by atoms with van der Waals surface area (Å²) in [5.74, 6) is 1.76. The maximum absolute atomic E-state index is 8.47. The van der Waals surface area contributed by atoms with Crippen LogP contribution in [0.5, 0.6) is 0 Å². The summed E-state index contributed by atoms with van der Waals surface area (Å²) in [7, 11) is 0. The van der Waals surface area contributed by atoms with E-state index in [1.807, 2.05) is 67.7 Å². The summed E-state index contributed by atoms with van der Waals surface area (Å²) in [5, 5.41) is 2.31. The maximum atomic E-state index is 8.47. The minimum Gasteiger partial charge on any atom is -0.300 e. The van der Waals surface area contributed by atoms with Gasteiger partial charge in [0.25, 0.3) is 5.54 Å². The summed E-state index contributed by atoms with van der Waals surface area (Å²) in [5.41, 5.74) is 12.4. The molecule has 262 valence electrons. The average molecular weight is 716 g/mol. The first kappa shape index (κ1) is 33.1. The fourth-order valence-corrected chi connectivity index (χ4v) is 7.91. The van der Waals surface area contributed by atoms with Crippen molar-refractivity contribution >= 4 is 10.8 Å². The van der Waals surface area contributed by atoms with Crippen molar-refractivity contribution in [2.75, 3.05) is 0 Å². The van der Waals surface area contributed by atoms with Crippen LogP contribution in [-0.2, 0) is 5.54 Å². The molecule has 10 rings (SSSR count). The Bertz CT molecular complexity index is 2970. The van der Waals surface area contributed by atoms with Crippen molar-refractivity contribution < 1.29 is 0 Å². The lowest BCUT2D eigenvalue weighted by molar-refractivity contribution is 0.742. The molecule has 2 heterocycles. The third-order valence-corrected chi connectivity index (χ3v) is 10.9. The molecule has 0 bridgehead atoms. The van der Waals surface area contributed by atoms with Crippen LogP contribution >= 0.6 is 0 Å². The molecule has 0 saturated heterocycles. The van der Waals surface area contributed by atoms with Gasteiger partial charge in [0.2, 0.25) is 0 Å². The van der Waals surface area contributed by atoms with Gasteiger partial charge in [0.1, 0.15) is 0 Å². The van der Waals surface area contributed by atoms with Gasteiger partial charge in [-0.3, -0.25) is 4.98 Å². The number of fused-ring (bicyclic) bond motifs is 4. The molecule has 2 aromatic heterocycles. The lowest BCUT2D eigenvalue weighted by atomic mass is 9.87. The van der Waals surface area contributed by atoms with Crippen LogP contribution in [0.25, 0.3) is 94.3 Å². The molecule has 5 nitrogen and oxygen atoms in total. The van der Waals surface area contributed by atoms with Crippen molar-refractivity contribution in [1.29, 1.82) is 0 Å². The van der Waals surface area contributed by atoms with Crippen molar-refractivity contribution in [3.63, 3.8) is 0 Å². The zero-order chi connectivity index (χ0) is 37.6. The van der Waals surface area contributed by atoms with Gasteiger partial charge in [-0.1, -0.05) is 127 Å². The normalized spacial score (nSPS) is 14.2. The molecule has 0 radical (unpaired) electrons. The summed E-state index contributed by atoms with van der Waals surface area (Å²) in [4.78, 5) is 24.0. The van der Waals surface area contributed by atoms with E-state index in [9.17, 15) is 0 Å². The molecule has 0 aliphatic heterocycles. The lowest BCUT2D eigenvalue weighted by Crippen LogP contribution is -2.15. The van der Waals surface area contributed by atoms with Gasteiger partial charge in [0, 0.05) is 52.7 Å². The van der Waals surface area contributed by atoms with Crippen LogP contribution in [0.4, 0.5) is 0 Å². The minimum atomic E-state index is -0.821. The number of benzene rings is 7. The van der Waals surface area contributed by atoms with E-state index in [0.717, 1.165) is 77.7 Å². The minimum absolute atomic E-state index is 0.569. The van der Waals surface area contributed by atoms with Crippen LogP contribution in [0.1, 0.15) is 18.1 Å². The monoisotopic (exact) mass is 715 g/mol. The van der Waals surface area contributed by atoms with Crippen LogP contribution in [-0.4, -0.2) is 19.9 Å². The second-order valence-corrected chi connectivity index (χ2v) is 14.3. The number of aromatic nitrogens is 4. The van der Waals surface area contributed by atoms with E-state index in [4.69, 9.17) is 21.5 Å². The third kappa shape index (κ3) is 5.73. The van der Waals surface area contributed by atoms with E-state index in [2.05, 4.69) is 125 Å². The largest absolute Gasteiger partial charge is 0.300 e. The maximum Gasteiger partial charge on any atom is 0.281 e. The highest BCUT2D eigenvalue weighted by Gasteiger charge is 2.45. The Balaban J connectivity index is 1.14. The van der Waals surface area contributed by atoms with Gasteiger partial charge >= 0.3 is 0 Å².